The Hall–Kier alpha value is -0.960. The molecule has 0 spiro atoms. The molecule has 3 heteroatoms. The predicted octanol–water partition coefficient (Wildman–Crippen LogP) is 2.26. The Morgan fingerprint density at radius 3 is 2.29 bits per heavy atom. The Morgan fingerprint density at radius 1 is 1.29 bits per heavy atom. The molecule has 0 amide bonds. The molecule has 1 fully saturated rings. The summed E-state index contributed by atoms with van der Waals surface area (Å²) in [4.78, 5) is 0. The average molecular weight is 197 g/mol. The highest BCUT2D eigenvalue weighted by Crippen LogP contribution is 2.38. The molecule has 0 radical (unpaired) electrons. The summed E-state index contributed by atoms with van der Waals surface area (Å²) in [6, 6.07) is 4.02. The van der Waals surface area contributed by atoms with Gasteiger partial charge in [0.05, 0.1) is 0 Å². The van der Waals surface area contributed by atoms with E-state index < -0.39 is 11.6 Å². The minimum absolute atomic E-state index is 0.0525. The third-order valence-corrected chi connectivity index (χ3v) is 2.96. The fraction of sp³-hybridized carbons (Fsp3) is 0.455. The Bertz CT molecular complexity index is 325. The normalized spacial score (nSPS) is 18.2. The minimum atomic E-state index is -0.438. The van der Waals surface area contributed by atoms with Crippen LogP contribution in [0.25, 0.3) is 0 Å². The van der Waals surface area contributed by atoms with Crippen molar-refractivity contribution in [3.05, 3.63) is 35.4 Å². The SMILES string of the molecule is CNC1(Cc2c(F)cccc2F)CC1. The molecule has 0 aromatic heterocycles. The molecule has 1 N–H and O–H groups in total. The summed E-state index contributed by atoms with van der Waals surface area (Å²) in [7, 11) is 1.84. The van der Waals surface area contributed by atoms with Gasteiger partial charge in [0, 0.05) is 11.1 Å². The van der Waals surface area contributed by atoms with Crippen LogP contribution in [0.15, 0.2) is 18.2 Å². The highest BCUT2D eigenvalue weighted by molar-refractivity contribution is 5.24. The molecular weight excluding hydrogens is 184 g/mol. The third kappa shape index (κ3) is 1.64. The molecular formula is C11H13F2N. The number of nitrogens with one attached hydrogen (secondary N) is 1. The van der Waals surface area contributed by atoms with E-state index >= 15 is 0 Å². The fourth-order valence-corrected chi connectivity index (χ4v) is 1.71. The van der Waals surface area contributed by atoms with Crippen LogP contribution in [-0.2, 0) is 6.42 Å². The lowest BCUT2D eigenvalue weighted by molar-refractivity contribution is 0.495. The van der Waals surface area contributed by atoms with Gasteiger partial charge in [-0.15, -0.1) is 0 Å². The van der Waals surface area contributed by atoms with Gasteiger partial charge in [-0.3, -0.25) is 0 Å². The van der Waals surface area contributed by atoms with Gasteiger partial charge in [0.15, 0.2) is 0 Å². The maximum Gasteiger partial charge on any atom is 0.129 e. The van der Waals surface area contributed by atoms with Crippen LogP contribution >= 0.6 is 0 Å². The number of hydrogen-bond donors (Lipinski definition) is 1. The lowest BCUT2D eigenvalue weighted by atomic mass is 10.0. The van der Waals surface area contributed by atoms with Crippen molar-refractivity contribution in [3.63, 3.8) is 0 Å². The molecule has 0 atom stereocenters. The second-order valence-electron chi connectivity index (χ2n) is 3.91. The first-order chi connectivity index (χ1) is 6.67. The molecule has 14 heavy (non-hydrogen) atoms. The number of halogens is 2. The van der Waals surface area contributed by atoms with Crippen molar-refractivity contribution in [1.82, 2.24) is 5.32 Å². The second kappa shape index (κ2) is 3.31. The molecule has 1 nitrogen and oxygen atoms in total. The van der Waals surface area contributed by atoms with E-state index in [9.17, 15) is 8.78 Å². The molecule has 76 valence electrons. The number of benzene rings is 1. The van der Waals surface area contributed by atoms with Crippen LogP contribution in [0.5, 0.6) is 0 Å². The van der Waals surface area contributed by atoms with Crippen molar-refractivity contribution in [2.75, 3.05) is 7.05 Å². The zero-order chi connectivity index (χ0) is 10.2. The number of rotatable bonds is 3. The molecule has 1 saturated carbocycles. The van der Waals surface area contributed by atoms with Crippen LogP contribution in [0.4, 0.5) is 8.78 Å². The average Bonchev–Trinajstić information content (AvgIpc) is 2.93. The van der Waals surface area contributed by atoms with Crippen LogP contribution < -0.4 is 5.32 Å². The number of likely N-dealkylation sites (N-methyl/N-ethyl adjacent to an activating group) is 1. The van der Waals surface area contributed by atoms with Gasteiger partial charge < -0.3 is 5.32 Å². The third-order valence-electron chi connectivity index (χ3n) is 2.96. The largest absolute Gasteiger partial charge is 0.314 e. The predicted molar refractivity (Wildman–Crippen MR) is 51.1 cm³/mol. The molecule has 1 aromatic rings. The lowest BCUT2D eigenvalue weighted by Crippen LogP contribution is -2.30. The van der Waals surface area contributed by atoms with E-state index in [2.05, 4.69) is 5.32 Å². The van der Waals surface area contributed by atoms with Crippen molar-refractivity contribution in [1.29, 1.82) is 0 Å². The highest BCUT2D eigenvalue weighted by atomic mass is 19.1. The monoisotopic (exact) mass is 197 g/mol. The first kappa shape index (κ1) is 9.59. The lowest BCUT2D eigenvalue weighted by Gasteiger charge is -2.14. The van der Waals surface area contributed by atoms with Crippen molar-refractivity contribution in [3.8, 4) is 0 Å². The van der Waals surface area contributed by atoms with Crippen molar-refractivity contribution in [2.24, 2.45) is 0 Å². The summed E-state index contributed by atoms with van der Waals surface area (Å²) in [6.45, 7) is 0. The Balaban J connectivity index is 2.24. The van der Waals surface area contributed by atoms with E-state index in [-0.39, 0.29) is 11.1 Å². The minimum Gasteiger partial charge on any atom is -0.314 e. The fourth-order valence-electron chi connectivity index (χ4n) is 1.71. The Kier molecular flexibility index (Phi) is 2.27. The summed E-state index contributed by atoms with van der Waals surface area (Å²) < 4.78 is 26.6. The zero-order valence-electron chi connectivity index (χ0n) is 8.11. The van der Waals surface area contributed by atoms with Gasteiger partial charge in [0.25, 0.3) is 0 Å². The van der Waals surface area contributed by atoms with Crippen molar-refractivity contribution in [2.45, 2.75) is 24.8 Å². The second-order valence-corrected chi connectivity index (χ2v) is 3.91. The van der Waals surface area contributed by atoms with E-state index in [0.29, 0.717) is 6.42 Å². The Morgan fingerprint density at radius 2 is 1.86 bits per heavy atom. The van der Waals surface area contributed by atoms with E-state index in [4.69, 9.17) is 0 Å². The maximum atomic E-state index is 13.3. The molecule has 0 saturated heterocycles. The molecule has 1 aliphatic rings. The summed E-state index contributed by atoms with van der Waals surface area (Å²) in [5.74, 6) is -0.877. The van der Waals surface area contributed by atoms with Gasteiger partial charge in [-0.05, 0) is 38.4 Å². The smallest absolute Gasteiger partial charge is 0.129 e. The van der Waals surface area contributed by atoms with Crippen LogP contribution in [0.3, 0.4) is 0 Å². The summed E-state index contributed by atoms with van der Waals surface area (Å²) in [5, 5.41) is 3.12. The van der Waals surface area contributed by atoms with Crippen molar-refractivity contribution < 1.29 is 8.78 Å². The quantitative estimate of drug-likeness (QED) is 0.783. The summed E-state index contributed by atoms with van der Waals surface area (Å²) in [6.07, 6.45) is 2.44. The summed E-state index contributed by atoms with van der Waals surface area (Å²) in [5.41, 5.74) is 0.155. The van der Waals surface area contributed by atoms with Gasteiger partial charge in [-0.2, -0.15) is 0 Å². The van der Waals surface area contributed by atoms with E-state index in [1.807, 2.05) is 7.05 Å². The van der Waals surface area contributed by atoms with E-state index in [1.165, 1.54) is 18.2 Å². The van der Waals surface area contributed by atoms with Crippen LogP contribution in [0, 0.1) is 11.6 Å². The standard InChI is InChI=1S/C11H13F2N/c1-14-11(5-6-11)7-8-9(12)3-2-4-10(8)13/h2-4,14H,5-7H2,1H3. The first-order valence-electron chi connectivity index (χ1n) is 4.79. The van der Waals surface area contributed by atoms with Crippen LogP contribution in [-0.4, -0.2) is 12.6 Å². The molecule has 1 aromatic carbocycles. The van der Waals surface area contributed by atoms with Gasteiger partial charge in [-0.1, -0.05) is 6.07 Å². The van der Waals surface area contributed by atoms with Gasteiger partial charge in [0.2, 0.25) is 0 Å². The van der Waals surface area contributed by atoms with Crippen molar-refractivity contribution >= 4 is 0 Å². The number of hydrogen-bond acceptors (Lipinski definition) is 1. The van der Waals surface area contributed by atoms with Crippen LogP contribution in [0.2, 0.25) is 0 Å². The molecule has 1 aliphatic carbocycles. The van der Waals surface area contributed by atoms with E-state index in [1.54, 1.807) is 0 Å². The molecule has 0 unspecified atom stereocenters. The molecule has 0 bridgehead atoms. The molecule has 2 rings (SSSR count). The maximum absolute atomic E-state index is 13.3. The topological polar surface area (TPSA) is 12.0 Å². The molecule has 0 aliphatic heterocycles. The summed E-state index contributed by atoms with van der Waals surface area (Å²) >= 11 is 0. The molecule has 0 heterocycles. The zero-order valence-corrected chi connectivity index (χ0v) is 8.11. The van der Waals surface area contributed by atoms with Gasteiger partial charge in [0.1, 0.15) is 11.6 Å². The van der Waals surface area contributed by atoms with Gasteiger partial charge in [-0.25, -0.2) is 8.78 Å². The first-order valence-corrected chi connectivity index (χ1v) is 4.79. The van der Waals surface area contributed by atoms with E-state index in [0.717, 1.165) is 12.8 Å². The van der Waals surface area contributed by atoms with Gasteiger partial charge >= 0.3 is 0 Å². The highest BCUT2D eigenvalue weighted by Gasteiger charge is 2.41. The Labute approximate surface area is 82.1 Å². The van der Waals surface area contributed by atoms with Crippen LogP contribution in [0.1, 0.15) is 18.4 Å².